The first-order chi connectivity index (χ1) is 17.2. The van der Waals surface area contributed by atoms with Gasteiger partial charge in [0.15, 0.2) is 11.5 Å². The number of halogens is 3. The van der Waals surface area contributed by atoms with Crippen molar-refractivity contribution < 1.29 is 13.2 Å². The minimum Gasteiger partial charge on any atom is -0.357 e. The zero-order valence-electron chi connectivity index (χ0n) is 19.5. The van der Waals surface area contributed by atoms with Crippen LogP contribution in [0.3, 0.4) is 0 Å². The zero-order chi connectivity index (χ0) is 25.6. The second kappa shape index (κ2) is 8.59. The highest BCUT2D eigenvalue weighted by Crippen LogP contribution is 2.43. The number of anilines is 3. The number of aryl methyl sites for hydroxylation is 2. The number of alkyl halides is 3. The molecule has 0 aliphatic heterocycles. The molecule has 0 unspecified atom stereocenters. The molecule has 11 heteroatoms. The van der Waals surface area contributed by atoms with Crippen LogP contribution in [0.5, 0.6) is 0 Å². The van der Waals surface area contributed by atoms with Crippen molar-refractivity contribution in [3.05, 3.63) is 76.2 Å². The molecule has 2 aromatic carbocycles. The number of pyridine rings is 1. The molecule has 0 saturated carbocycles. The van der Waals surface area contributed by atoms with Crippen molar-refractivity contribution in [2.75, 3.05) is 17.7 Å². The van der Waals surface area contributed by atoms with Gasteiger partial charge in [0, 0.05) is 47.6 Å². The summed E-state index contributed by atoms with van der Waals surface area (Å²) >= 11 is 0. The maximum Gasteiger partial charge on any atom is 0.435 e. The number of nitrogens with zero attached hydrogens (tertiary/aromatic N) is 5. The van der Waals surface area contributed by atoms with Crippen LogP contribution in [0.4, 0.5) is 30.6 Å². The largest absolute Gasteiger partial charge is 0.435 e. The Labute approximate surface area is 202 Å². The van der Waals surface area contributed by atoms with Gasteiger partial charge in [-0.15, -0.1) is 10.2 Å². The highest BCUT2D eigenvalue weighted by Gasteiger charge is 2.37. The smallest absolute Gasteiger partial charge is 0.357 e. The van der Waals surface area contributed by atoms with E-state index in [9.17, 15) is 18.0 Å². The molecule has 0 amide bonds. The maximum absolute atomic E-state index is 14.3. The summed E-state index contributed by atoms with van der Waals surface area (Å²) in [5.74, 6) is 0.332. The van der Waals surface area contributed by atoms with Gasteiger partial charge in [0.1, 0.15) is 5.65 Å². The molecule has 36 heavy (non-hydrogen) atoms. The van der Waals surface area contributed by atoms with Gasteiger partial charge in [0.05, 0.1) is 5.69 Å². The molecule has 2 N–H and O–H groups in total. The van der Waals surface area contributed by atoms with Crippen molar-refractivity contribution in [3.8, 4) is 11.3 Å². The van der Waals surface area contributed by atoms with E-state index in [0.717, 1.165) is 0 Å². The van der Waals surface area contributed by atoms with E-state index >= 15 is 0 Å². The summed E-state index contributed by atoms with van der Waals surface area (Å²) in [6.07, 6.45) is -4.78. The molecule has 182 valence electrons. The van der Waals surface area contributed by atoms with Crippen LogP contribution < -0.4 is 16.2 Å². The van der Waals surface area contributed by atoms with E-state index in [1.165, 1.54) is 16.7 Å². The standard InChI is InChI=1S/C25H20F3N7O/c1-13-9-10-15-19(21(25(26,27)28)33-34-22(15)30-14-7-5-4-6-8-14)18(13)20-16-11-12-17(36)35(3)23(16)32-24(29-2)31-20/h4-12H,1-3H3,(H,30,34)(H,29,31,32). The number of aromatic nitrogens is 5. The first-order valence-corrected chi connectivity index (χ1v) is 10.9. The fourth-order valence-corrected chi connectivity index (χ4v) is 4.15. The van der Waals surface area contributed by atoms with Crippen molar-refractivity contribution in [1.82, 2.24) is 24.7 Å². The fraction of sp³-hybridized carbons (Fsp3) is 0.160. The molecule has 8 nitrogen and oxygen atoms in total. The number of hydrogen-bond donors (Lipinski definition) is 2. The van der Waals surface area contributed by atoms with Gasteiger partial charge < -0.3 is 10.6 Å². The topological polar surface area (TPSA) is 97.6 Å². The molecule has 0 saturated heterocycles. The molecule has 0 fully saturated rings. The maximum atomic E-state index is 14.3. The fourth-order valence-electron chi connectivity index (χ4n) is 4.15. The van der Waals surface area contributed by atoms with Crippen molar-refractivity contribution in [2.45, 2.75) is 13.1 Å². The monoisotopic (exact) mass is 491 g/mol. The minimum atomic E-state index is -4.78. The Bertz CT molecular complexity index is 1680. The predicted molar refractivity (Wildman–Crippen MR) is 132 cm³/mol. The van der Waals surface area contributed by atoms with E-state index < -0.39 is 11.9 Å². The van der Waals surface area contributed by atoms with Crippen molar-refractivity contribution in [3.63, 3.8) is 0 Å². The van der Waals surface area contributed by atoms with Gasteiger partial charge in [-0.3, -0.25) is 9.36 Å². The number of fused-ring (bicyclic) bond motifs is 2. The van der Waals surface area contributed by atoms with Gasteiger partial charge in [-0.2, -0.15) is 18.2 Å². The molecule has 3 aromatic heterocycles. The van der Waals surface area contributed by atoms with Gasteiger partial charge in [-0.25, -0.2) is 4.98 Å². The van der Waals surface area contributed by atoms with Crippen molar-refractivity contribution in [1.29, 1.82) is 0 Å². The van der Waals surface area contributed by atoms with Gasteiger partial charge in [0.25, 0.3) is 5.56 Å². The number of para-hydroxylation sites is 1. The van der Waals surface area contributed by atoms with Crippen molar-refractivity contribution >= 4 is 39.3 Å². The highest BCUT2D eigenvalue weighted by molar-refractivity contribution is 6.08. The zero-order valence-corrected chi connectivity index (χ0v) is 19.5. The third kappa shape index (κ3) is 3.88. The minimum absolute atomic E-state index is 0.146. The molecule has 0 bridgehead atoms. The number of rotatable bonds is 4. The van der Waals surface area contributed by atoms with Gasteiger partial charge in [0.2, 0.25) is 5.95 Å². The van der Waals surface area contributed by atoms with E-state index in [1.54, 1.807) is 57.4 Å². The first-order valence-electron chi connectivity index (χ1n) is 10.9. The quantitative estimate of drug-likeness (QED) is 0.363. The van der Waals surface area contributed by atoms with Gasteiger partial charge in [-0.1, -0.05) is 30.3 Å². The Hall–Kier alpha value is -4.54. The average molecular weight is 491 g/mol. The molecule has 3 heterocycles. The van der Waals surface area contributed by atoms with Crippen LogP contribution in [0, 0.1) is 6.92 Å². The average Bonchev–Trinajstić information content (AvgIpc) is 2.86. The second-order valence-electron chi connectivity index (χ2n) is 8.18. The van der Waals surface area contributed by atoms with E-state index in [4.69, 9.17) is 0 Å². The van der Waals surface area contributed by atoms with Crippen LogP contribution in [0.15, 0.2) is 59.4 Å². The van der Waals surface area contributed by atoms with Crippen LogP contribution in [0.25, 0.3) is 33.1 Å². The van der Waals surface area contributed by atoms with Gasteiger partial charge in [-0.05, 0) is 30.7 Å². The van der Waals surface area contributed by atoms with Crippen LogP contribution in [-0.2, 0) is 13.2 Å². The summed E-state index contributed by atoms with van der Waals surface area (Å²) < 4.78 is 44.1. The van der Waals surface area contributed by atoms with Crippen molar-refractivity contribution in [2.24, 2.45) is 7.05 Å². The first kappa shape index (κ1) is 23.2. The van der Waals surface area contributed by atoms with E-state index in [2.05, 4.69) is 30.8 Å². The predicted octanol–water partition coefficient (Wildman–Crippen LogP) is 5.05. The molecule has 0 atom stereocenters. The lowest BCUT2D eigenvalue weighted by molar-refractivity contribution is -0.140. The number of benzene rings is 2. The Morgan fingerprint density at radius 2 is 1.64 bits per heavy atom. The second-order valence-corrected chi connectivity index (χ2v) is 8.18. The lowest BCUT2D eigenvalue weighted by Crippen LogP contribution is -2.17. The summed E-state index contributed by atoms with van der Waals surface area (Å²) in [7, 11) is 3.14. The molecule has 0 aliphatic carbocycles. The summed E-state index contributed by atoms with van der Waals surface area (Å²) in [5.41, 5.74) is 0.516. The third-order valence-electron chi connectivity index (χ3n) is 5.89. The molecule has 0 radical (unpaired) electrons. The van der Waals surface area contributed by atoms with E-state index in [-0.39, 0.29) is 45.0 Å². The summed E-state index contributed by atoms with van der Waals surface area (Å²) in [6.45, 7) is 1.70. The molecular weight excluding hydrogens is 471 g/mol. The van der Waals surface area contributed by atoms with Crippen LogP contribution >= 0.6 is 0 Å². The molecule has 0 spiro atoms. The Balaban J connectivity index is 1.92. The Morgan fingerprint density at radius 3 is 2.33 bits per heavy atom. The number of nitrogens with one attached hydrogen (secondary N) is 2. The normalized spacial score (nSPS) is 11.7. The van der Waals surface area contributed by atoms with E-state index in [0.29, 0.717) is 16.6 Å². The SMILES string of the molecule is CNc1nc(-c2c(C)ccc3c(Nc4ccccc4)nnc(C(F)(F)F)c23)c2ccc(=O)n(C)c2n1. The van der Waals surface area contributed by atoms with Crippen LogP contribution in [0.2, 0.25) is 0 Å². The summed E-state index contributed by atoms with van der Waals surface area (Å²) in [6, 6.07) is 15.1. The summed E-state index contributed by atoms with van der Waals surface area (Å²) in [4.78, 5) is 21.2. The highest BCUT2D eigenvalue weighted by atomic mass is 19.4. The molecule has 5 aromatic rings. The van der Waals surface area contributed by atoms with E-state index in [1.807, 2.05) is 6.07 Å². The van der Waals surface area contributed by atoms with Crippen LogP contribution in [0.1, 0.15) is 11.3 Å². The third-order valence-corrected chi connectivity index (χ3v) is 5.89. The lowest BCUT2D eigenvalue weighted by Gasteiger charge is -2.19. The molecule has 0 aliphatic rings. The van der Waals surface area contributed by atoms with Crippen LogP contribution in [-0.4, -0.2) is 31.8 Å². The molecule has 5 rings (SSSR count). The van der Waals surface area contributed by atoms with Gasteiger partial charge >= 0.3 is 6.18 Å². The Kier molecular flexibility index (Phi) is 5.54. The summed E-state index contributed by atoms with van der Waals surface area (Å²) in [5, 5.41) is 13.9. The molecular formula is C25H20F3N7O. The Morgan fingerprint density at radius 1 is 0.917 bits per heavy atom. The number of hydrogen-bond acceptors (Lipinski definition) is 7. The lowest BCUT2D eigenvalue weighted by atomic mass is 9.94.